The molecule has 0 bridgehead atoms. The van der Waals surface area contributed by atoms with E-state index in [1.54, 1.807) is 0 Å². The Balaban J connectivity index is 2.21. The van der Waals surface area contributed by atoms with Gasteiger partial charge in [-0.2, -0.15) is 0 Å². The first kappa shape index (κ1) is 9.79. The highest BCUT2D eigenvalue weighted by Crippen LogP contribution is 2.13. The molecule has 0 aromatic heterocycles. The molecule has 74 valence electrons. The van der Waals surface area contributed by atoms with Crippen LogP contribution in [0.25, 0.3) is 0 Å². The number of hydrogen-bond donors (Lipinski definition) is 2. The Morgan fingerprint density at radius 3 is 2.38 bits per heavy atom. The molecule has 1 amide bonds. The van der Waals surface area contributed by atoms with Crippen LogP contribution in [0, 0.1) is 0 Å². The number of ether oxygens (including phenoxy) is 1. The predicted octanol–water partition coefficient (Wildman–Crippen LogP) is -0.162. The van der Waals surface area contributed by atoms with E-state index in [1.807, 2.05) is 0 Å². The number of nitrogens with zero attached hydrogens (tertiary/aromatic N) is 1. The van der Waals surface area contributed by atoms with E-state index in [0.29, 0.717) is 0 Å². The molecule has 6 heteroatoms. The fraction of sp³-hybridized carbons (Fsp3) is 0.714. The van der Waals surface area contributed by atoms with Crippen molar-refractivity contribution in [2.45, 2.75) is 19.1 Å². The average molecular weight is 189 g/mol. The van der Waals surface area contributed by atoms with E-state index in [2.05, 4.69) is 0 Å². The highest BCUT2D eigenvalue weighted by atomic mass is 16.5. The van der Waals surface area contributed by atoms with Crippen LogP contribution in [-0.4, -0.2) is 52.5 Å². The van der Waals surface area contributed by atoms with Crippen molar-refractivity contribution in [2.75, 3.05) is 13.1 Å². The van der Waals surface area contributed by atoms with Crippen LogP contribution in [0.2, 0.25) is 0 Å². The molecule has 2 N–H and O–H groups in total. The number of rotatable bonds is 3. The molecule has 1 heterocycles. The number of likely N-dealkylation sites (tertiary alicyclic amines) is 1. The summed E-state index contributed by atoms with van der Waals surface area (Å²) in [5, 5.41) is 16.9. The zero-order valence-electron chi connectivity index (χ0n) is 7.14. The Morgan fingerprint density at radius 2 is 2.00 bits per heavy atom. The summed E-state index contributed by atoms with van der Waals surface area (Å²) in [5.41, 5.74) is 0. The van der Waals surface area contributed by atoms with Crippen LogP contribution in [0.15, 0.2) is 0 Å². The minimum absolute atomic E-state index is 0.257. The second kappa shape index (κ2) is 3.61. The highest BCUT2D eigenvalue weighted by molar-refractivity contribution is 5.71. The fourth-order valence-corrected chi connectivity index (χ4v) is 1.03. The summed E-state index contributed by atoms with van der Waals surface area (Å²) in [5.74, 6) is -1.03. The molecule has 1 aliphatic rings. The Kier molecular flexibility index (Phi) is 2.72. The van der Waals surface area contributed by atoms with Gasteiger partial charge in [0.15, 0.2) is 6.10 Å². The van der Waals surface area contributed by atoms with Crippen LogP contribution in [0.4, 0.5) is 4.79 Å². The first-order valence-electron chi connectivity index (χ1n) is 3.87. The zero-order valence-corrected chi connectivity index (χ0v) is 7.14. The minimum Gasteiger partial charge on any atom is -0.479 e. The number of aliphatic carboxylic acids is 1. The molecular formula is C7H11NO5. The lowest BCUT2D eigenvalue weighted by molar-refractivity contribution is -0.158. The third-order valence-corrected chi connectivity index (χ3v) is 1.86. The summed E-state index contributed by atoms with van der Waals surface area (Å²) in [6, 6.07) is 0. The van der Waals surface area contributed by atoms with Gasteiger partial charge in [0.2, 0.25) is 0 Å². The van der Waals surface area contributed by atoms with Crippen molar-refractivity contribution in [3.63, 3.8) is 0 Å². The SMILES string of the molecule is C[C@@H](OC1CN(C(=O)O)C1)C(=O)O. The lowest BCUT2D eigenvalue weighted by atomic mass is 10.2. The van der Waals surface area contributed by atoms with Crippen molar-refractivity contribution in [1.82, 2.24) is 4.90 Å². The normalized spacial score (nSPS) is 19.3. The lowest BCUT2D eigenvalue weighted by Gasteiger charge is -2.37. The molecule has 0 spiro atoms. The first-order valence-corrected chi connectivity index (χ1v) is 3.87. The molecule has 0 aliphatic carbocycles. The molecule has 6 nitrogen and oxygen atoms in total. The van der Waals surface area contributed by atoms with Crippen LogP contribution in [0.5, 0.6) is 0 Å². The molecule has 1 fully saturated rings. The maximum absolute atomic E-state index is 10.3. The van der Waals surface area contributed by atoms with E-state index in [9.17, 15) is 9.59 Å². The maximum Gasteiger partial charge on any atom is 0.407 e. The van der Waals surface area contributed by atoms with Gasteiger partial charge in [-0.3, -0.25) is 0 Å². The van der Waals surface area contributed by atoms with E-state index < -0.39 is 18.2 Å². The fourth-order valence-electron chi connectivity index (χ4n) is 1.03. The summed E-state index contributed by atoms with van der Waals surface area (Å²) >= 11 is 0. The quantitative estimate of drug-likeness (QED) is 0.644. The Labute approximate surface area is 74.7 Å². The van der Waals surface area contributed by atoms with Crippen LogP contribution < -0.4 is 0 Å². The monoisotopic (exact) mass is 189 g/mol. The van der Waals surface area contributed by atoms with E-state index in [0.717, 1.165) is 0 Å². The summed E-state index contributed by atoms with van der Waals surface area (Å²) in [6.45, 7) is 1.94. The average Bonchev–Trinajstić information content (AvgIpc) is 1.94. The molecule has 1 saturated heterocycles. The summed E-state index contributed by atoms with van der Waals surface area (Å²) in [7, 11) is 0. The first-order chi connectivity index (χ1) is 6.00. The van der Waals surface area contributed by atoms with Crippen LogP contribution >= 0.6 is 0 Å². The van der Waals surface area contributed by atoms with Crippen molar-refractivity contribution in [2.24, 2.45) is 0 Å². The Morgan fingerprint density at radius 1 is 1.46 bits per heavy atom. The van der Waals surface area contributed by atoms with Crippen molar-refractivity contribution in [1.29, 1.82) is 0 Å². The predicted molar refractivity (Wildman–Crippen MR) is 41.6 cm³/mol. The molecule has 0 aromatic rings. The molecule has 0 unspecified atom stereocenters. The van der Waals surface area contributed by atoms with E-state index >= 15 is 0 Å². The minimum atomic E-state index is -1.03. The van der Waals surface area contributed by atoms with Crippen molar-refractivity contribution in [3.05, 3.63) is 0 Å². The number of carboxylic acid groups (broad SMARTS) is 2. The largest absolute Gasteiger partial charge is 0.479 e. The highest BCUT2D eigenvalue weighted by Gasteiger charge is 2.33. The van der Waals surface area contributed by atoms with E-state index in [4.69, 9.17) is 14.9 Å². The molecule has 1 aliphatic heterocycles. The van der Waals surface area contributed by atoms with Crippen LogP contribution in [0.3, 0.4) is 0 Å². The summed E-state index contributed by atoms with van der Waals surface area (Å²) < 4.78 is 5.02. The van der Waals surface area contributed by atoms with Gasteiger partial charge in [-0.05, 0) is 6.92 Å². The zero-order chi connectivity index (χ0) is 10.0. The third kappa shape index (κ3) is 2.32. The summed E-state index contributed by atoms with van der Waals surface area (Å²) in [4.78, 5) is 21.8. The van der Waals surface area contributed by atoms with Gasteiger partial charge in [0.25, 0.3) is 0 Å². The standard InChI is InChI=1S/C7H11NO5/c1-4(6(9)10)13-5-2-8(3-5)7(11)12/h4-5H,2-3H2,1H3,(H,9,10)(H,11,12)/t4-/m1/s1. The molecule has 0 radical (unpaired) electrons. The van der Waals surface area contributed by atoms with Gasteiger partial charge in [-0.1, -0.05) is 0 Å². The smallest absolute Gasteiger partial charge is 0.407 e. The number of carbonyl (C=O) groups is 2. The molecular weight excluding hydrogens is 178 g/mol. The third-order valence-electron chi connectivity index (χ3n) is 1.86. The van der Waals surface area contributed by atoms with Crippen molar-refractivity contribution in [3.8, 4) is 0 Å². The van der Waals surface area contributed by atoms with Gasteiger partial charge < -0.3 is 19.8 Å². The van der Waals surface area contributed by atoms with E-state index in [-0.39, 0.29) is 19.2 Å². The van der Waals surface area contributed by atoms with Crippen molar-refractivity contribution < 1.29 is 24.5 Å². The van der Waals surface area contributed by atoms with Gasteiger partial charge in [-0.15, -0.1) is 0 Å². The van der Waals surface area contributed by atoms with Gasteiger partial charge in [0.1, 0.15) is 0 Å². The molecule has 0 aromatic carbocycles. The van der Waals surface area contributed by atoms with Crippen molar-refractivity contribution >= 4 is 12.1 Å². The molecule has 13 heavy (non-hydrogen) atoms. The van der Waals surface area contributed by atoms with Gasteiger partial charge in [0, 0.05) is 0 Å². The number of carboxylic acids is 1. The van der Waals surface area contributed by atoms with Crippen LogP contribution in [-0.2, 0) is 9.53 Å². The maximum atomic E-state index is 10.3. The second-order valence-corrected chi connectivity index (χ2v) is 2.93. The number of amides is 1. The number of hydrogen-bond acceptors (Lipinski definition) is 3. The van der Waals surface area contributed by atoms with Crippen LogP contribution in [0.1, 0.15) is 6.92 Å². The topological polar surface area (TPSA) is 87.1 Å². The molecule has 1 rings (SSSR count). The second-order valence-electron chi connectivity index (χ2n) is 2.93. The Bertz CT molecular complexity index is 223. The molecule has 1 atom stereocenters. The van der Waals surface area contributed by atoms with Gasteiger partial charge in [-0.25, -0.2) is 9.59 Å². The lowest BCUT2D eigenvalue weighted by Crippen LogP contribution is -2.55. The summed E-state index contributed by atoms with van der Waals surface area (Å²) in [6.07, 6.45) is -2.15. The van der Waals surface area contributed by atoms with E-state index in [1.165, 1.54) is 11.8 Å². The molecule has 0 saturated carbocycles. The van der Waals surface area contributed by atoms with Gasteiger partial charge in [0.05, 0.1) is 19.2 Å². The van der Waals surface area contributed by atoms with Gasteiger partial charge >= 0.3 is 12.1 Å². The Hall–Kier alpha value is -1.30.